The highest BCUT2D eigenvalue weighted by molar-refractivity contribution is 5.76. The van der Waals surface area contributed by atoms with Crippen molar-refractivity contribution in [3.8, 4) is 0 Å². The molecule has 1 atom stereocenters. The number of rotatable bonds is 4. The molecule has 0 saturated carbocycles. The summed E-state index contributed by atoms with van der Waals surface area (Å²) < 4.78 is 4.73. The summed E-state index contributed by atoms with van der Waals surface area (Å²) in [6.45, 7) is 3.08. The molecule has 0 aromatic heterocycles. The molecule has 1 saturated heterocycles. The van der Waals surface area contributed by atoms with E-state index in [1.807, 2.05) is 11.0 Å². The van der Waals surface area contributed by atoms with E-state index in [1.165, 1.54) is 13.2 Å². The molecule has 6 nitrogen and oxygen atoms in total. The van der Waals surface area contributed by atoms with Crippen LogP contribution in [0.15, 0.2) is 18.2 Å². The molecule has 19 heavy (non-hydrogen) atoms. The van der Waals surface area contributed by atoms with Crippen molar-refractivity contribution in [3.63, 3.8) is 0 Å². The molecule has 0 amide bonds. The number of esters is 1. The Bertz CT molecular complexity index is 515. The van der Waals surface area contributed by atoms with Crippen molar-refractivity contribution in [2.75, 3.05) is 13.7 Å². The zero-order valence-electron chi connectivity index (χ0n) is 11.0. The van der Waals surface area contributed by atoms with Crippen molar-refractivity contribution in [1.82, 2.24) is 4.90 Å². The maximum absolute atomic E-state index is 11.5. The van der Waals surface area contributed by atoms with Crippen LogP contribution >= 0.6 is 0 Å². The first-order chi connectivity index (χ1) is 9.04. The van der Waals surface area contributed by atoms with E-state index in [9.17, 15) is 14.9 Å². The average Bonchev–Trinajstić information content (AvgIpc) is 2.35. The van der Waals surface area contributed by atoms with E-state index < -0.39 is 0 Å². The quantitative estimate of drug-likeness (QED) is 0.469. The number of ether oxygens (including phenoxy) is 1. The van der Waals surface area contributed by atoms with Crippen LogP contribution in [0.25, 0.3) is 0 Å². The van der Waals surface area contributed by atoms with Crippen molar-refractivity contribution in [1.29, 1.82) is 0 Å². The zero-order chi connectivity index (χ0) is 14.0. The van der Waals surface area contributed by atoms with Gasteiger partial charge in [-0.05, 0) is 18.9 Å². The number of carbonyl (C=O) groups excluding carboxylic acids is 1. The predicted molar refractivity (Wildman–Crippen MR) is 68.7 cm³/mol. The Morgan fingerprint density at radius 2 is 2.32 bits per heavy atom. The first kappa shape index (κ1) is 13.5. The largest absolute Gasteiger partial charge is 0.468 e. The van der Waals surface area contributed by atoms with Crippen molar-refractivity contribution in [3.05, 3.63) is 39.4 Å². The highest BCUT2D eigenvalue weighted by Crippen LogP contribution is 2.26. The molecule has 1 aromatic carbocycles. The van der Waals surface area contributed by atoms with Crippen LogP contribution in [-0.2, 0) is 16.1 Å². The highest BCUT2D eigenvalue weighted by atomic mass is 16.6. The van der Waals surface area contributed by atoms with E-state index in [1.54, 1.807) is 13.0 Å². The van der Waals surface area contributed by atoms with E-state index in [4.69, 9.17) is 4.74 Å². The first-order valence-corrected chi connectivity index (χ1v) is 6.09. The summed E-state index contributed by atoms with van der Waals surface area (Å²) in [6.07, 6.45) is 0.778. The van der Waals surface area contributed by atoms with Crippen molar-refractivity contribution in [2.45, 2.75) is 25.9 Å². The van der Waals surface area contributed by atoms with E-state index in [0.29, 0.717) is 12.1 Å². The summed E-state index contributed by atoms with van der Waals surface area (Å²) in [6, 6.07) is 4.80. The third-order valence-corrected chi connectivity index (χ3v) is 3.59. The van der Waals surface area contributed by atoms with Gasteiger partial charge in [0.15, 0.2) is 0 Å². The maximum atomic E-state index is 11.5. The lowest BCUT2D eigenvalue weighted by Crippen LogP contribution is -2.52. The summed E-state index contributed by atoms with van der Waals surface area (Å²) >= 11 is 0. The third-order valence-electron chi connectivity index (χ3n) is 3.59. The van der Waals surface area contributed by atoms with Gasteiger partial charge in [-0.15, -0.1) is 0 Å². The van der Waals surface area contributed by atoms with Gasteiger partial charge in [0.05, 0.1) is 12.0 Å². The van der Waals surface area contributed by atoms with Crippen molar-refractivity contribution >= 4 is 11.7 Å². The molecule has 0 aliphatic carbocycles. The van der Waals surface area contributed by atoms with Gasteiger partial charge in [-0.1, -0.05) is 12.1 Å². The fourth-order valence-electron chi connectivity index (χ4n) is 2.29. The lowest BCUT2D eigenvalue weighted by molar-refractivity contribution is -0.385. The second-order valence-corrected chi connectivity index (χ2v) is 4.62. The summed E-state index contributed by atoms with van der Waals surface area (Å²) in [5, 5.41) is 10.9. The van der Waals surface area contributed by atoms with Gasteiger partial charge in [0.1, 0.15) is 6.04 Å². The van der Waals surface area contributed by atoms with Crippen molar-refractivity contribution in [2.24, 2.45) is 0 Å². The Labute approximate surface area is 111 Å². The minimum atomic E-state index is -0.382. The lowest BCUT2D eigenvalue weighted by Gasteiger charge is -2.38. The van der Waals surface area contributed by atoms with Gasteiger partial charge in [0.25, 0.3) is 5.69 Å². The van der Waals surface area contributed by atoms with E-state index in [2.05, 4.69) is 0 Å². The molecule has 2 rings (SSSR count). The summed E-state index contributed by atoms with van der Waals surface area (Å²) in [5.74, 6) is -0.241. The van der Waals surface area contributed by atoms with Crippen LogP contribution < -0.4 is 0 Å². The zero-order valence-corrected chi connectivity index (χ0v) is 11.0. The SMILES string of the molecule is COC(=O)C1CCN1Cc1cccc([N+](=O)[O-])c1C. The van der Waals surface area contributed by atoms with Crippen LogP contribution in [-0.4, -0.2) is 35.5 Å². The van der Waals surface area contributed by atoms with Gasteiger partial charge in [0.2, 0.25) is 0 Å². The Morgan fingerprint density at radius 1 is 1.58 bits per heavy atom. The molecular formula is C13H16N2O4. The molecule has 0 spiro atoms. The van der Waals surface area contributed by atoms with E-state index in [0.717, 1.165) is 18.5 Å². The minimum absolute atomic E-state index is 0.118. The predicted octanol–water partition coefficient (Wildman–Crippen LogP) is 1.65. The first-order valence-electron chi connectivity index (χ1n) is 6.09. The Kier molecular flexibility index (Phi) is 3.80. The number of nitro groups is 1. The van der Waals surface area contributed by atoms with Crippen LogP contribution in [0.1, 0.15) is 17.5 Å². The summed E-state index contributed by atoms with van der Waals surface area (Å²) in [7, 11) is 1.37. The molecule has 1 aliphatic rings. The number of nitro benzene ring substituents is 1. The summed E-state index contributed by atoms with van der Waals surface area (Å²) in [4.78, 5) is 24.0. The highest BCUT2D eigenvalue weighted by Gasteiger charge is 2.35. The van der Waals surface area contributed by atoms with Crippen LogP contribution in [0.3, 0.4) is 0 Å². The Morgan fingerprint density at radius 3 is 2.84 bits per heavy atom. The average molecular weight is 264 g/mol. The molecule has 0 N–H and O–H groups in total. The van der Waals surface area contributed by atoms with Gasteiger partial charge in [-0.3, -0.25) is 19.8 Å². The smallest absolute Gasteiger partial charge is 0.323 e. The number of carbonyl (C=O) groups is 1. The Hall–Kier alpha value is -1.95. The summed E-state index contributed by atoms with van der Waals surface area (Å²) in [5.41, 5.74) is 1.65. The molecule has 1 heterocycles. The van der Waals surface area contributed by atoms with Crippen molar-refractivity contribution < 1.29 is 14.5 Å². The van der Waals surface area contributed by atoms with E-state index in [-0.39, 0.29) is 22.6 Å². The van der Waals surface area contributed by atoms with Crippen LogP contribution in [0.5, 0.6) is 0 Å². The normalized spacial score (nSPS) is 18.7. The monoisotopic (exact) mass is 264 g/mol. The number of benzene rings is 1. The molecule has 1 fully saturated rings. The lowest BCUT2D eigenvalue weighted by atomic mass is 9.99. The number of likely N-dealkylation sites (tertiary alicyclic amines) is 1. The van der Waals surface area contributed by atoms with E-state index >= 15 is 0 Å². The number of methoxy groups -OCH3 is 1. The molecule has 0 radical (unpaired) electrons. The fraction of sp³-hybridized carbons (Fsp3) is 0.462. The van der Waals surface area contributed by atoms with Gasteiger partial charge in [-0.2, -0.15) is 0 Å². The van der Waals surface area contributed by atoms with Crippen LogP contribution in [0, 0.1) is 17.0 Å². The van der Waals surface area contributed by atoms with Gasteiger partial charge < -0.3 is 4.74 Å². The fourth-order valence-corrected chi connectivity index (χ4v) is 2.29. The number of hydrogen-bond donors (Lipinski definition) is 0. The molecule has 6 heteroatoms. The molecular weight excluding hydrogens is 248 g/mol. The number of hydrogen-bond acceptors (Lipinski definition) is 5. The second-order valence-electron chi connectivity index (χ2n) is 4.62. The number of nitrogens with zero attached hydrogens (tertiary/aromatic N) is 2. The van der Waals surface area contributed by atoms with Gasteiger partial charge in [0, 0.05) is 24.7 Å². The van der Waals surface area contributed by atoms with Crippen LogP contribution in [0.2, 0.25) is 0 Å². The Balaban J connectivity index is 2.14. The molecule has 1 aliphatic heterocycles. The maximum Gasteiger partial charge on any atom is 0.323 e. The molecule has 1 unspecified atom stereocenters. The standard InChI is InChI=1S/C13H16N2O4/c1-9-10(4-3-5-11(9)15(17)18)8-14-7-6-12(14)13(16)19-2/h3-5,12H,6-8H2,1-2H3. The van der Waals surface area contributed by atoms with Gasteiger partial charge >= 0.3 is 5.97 Å². The molecule has 102 valence electrons. The second kappa shape index (κ2) is 5.36. The van der Waals surface area contributed by atoms with Gasteiger partial charge in [-0.25, -0.2) is 0 Å². The molecule has 0 bridgehead atoms. The molecule has 1 aromatic rings. The minimum Gasteiger partial charge on any atom is -0.468 e. The van der Waals surface area contributed by atoms with Crippen LogP contribution in [0.4, 0.5) is 5.69 Å². The topological polar surface area (TPSA) is 72.7 Å². The third kappa shape index (κ3) is 2.58.